The van der Waals surface area contributed by atoms with Gasteiger partial charge in [-0.3, -0.25) is 4.79 Å². The number of rotatable bonds is 4. The highest BCUT2D eigenvalue weighted by atomic mass is 16.5. The maximum Gasteiger partial charge on any atom is 0.312 e. The smallest absolute Gasteiger partial charge is 0.312 e. The van der Waals surface area contributed by atoms with Crippen molar-refractivity contribution in [2.45, 2.75) is 20.0 Å². The molecule has 6 nitrogen and oxygen atoms in total. The minimum Gasteiger partial charge on any atom is -0.459 e. The SMILES string of the molecule is Cc1cc(COC(=O)Cc2noc3ccccc23)no1. The number of esters is 1. The van der Waals surface area contributed by atoms with Gasteiger partial charge in [-0.05, 0) is 19.1 Å². The van der Waals surface area contributed by atoms with Gasteiger partial charge in [0, 0.05) is 11.5 Å². The van der Waals surface area contributed by atoms with E-state index in [2.05, 4.69) is 10.3 Å². The lowest BCUT2D eigenvalue weighted by Gasteiger charge is -2.00. The summed E-state index contributed by atoms with van der Waals surface area (Å²) in [6.07, 6.45) is 0.0633. The summed E-state index contributed by atoms with van der Waals surface area (Å²) in [6, 6.07) is 9.10. The van der Waals surface area contributed by atoms with Gasteiger partial charge in [0.05, 0.1) is 6.42 Å². The molecule has 0 radical (unpaired) electrons. The maximum atomic E-state index is 11.8. The second kappa shape index (κ2) is 5.16. The van der Waals surface area contributed by atoms with Crippen LogP contribution >= 0.6 is 0 Å². The topological polar surface area (TPSA) is 78.4 Å². The molecule has 1 aromatic carbocycles. The number of aromatic nitrogens is 2. The second-order valence-electron chi connectivity index (χ2n) is 4.39. The highest BCUT2D eigenvalue weighted by Gasteiger charge is 2.13. The van der Waals surface area contributed by atoms with Crippen molar-refractivity contribution in [3.63, 3.8) is 0 Å². The predicted octanol–water partition coefficient (Wildman–Crippen LogP) is 2.41. The zero-order valence-electron chi connectivity index (χ0n) is 10.8. The van der Waals surface area contributed by atoms with Crippen molar-refractivity contribution in [1.29, 1.82) is 0 Å². The third kappa shape index (κ3) is 2.54. The summed E-state index contributed by atoms with van der Waals surface area (Å²) < 4.78 is 15.1. The van der Waals surface area contributed by atoms with E-state index < -0.39 is 0 Å². The summed E-state index contributed by atoms with van der Waals surface area (Å²) in [6.45, 7) is 1.87. The average Bonchev–Trinajstić information content (AvgIpc) is 3.04. The quantitative estimate of drug-likeness (QED) is 0.679. The first kappa shape index (κ1) is 12.4. The summed E-state index contributed by atoms with van der Waals surface area (Å²) in [5.74, 6) is 0.295. The minimum absolute atomic E-state index is 0.0633. The fraction of sp³-hybridized carbons (Fsp3) is 0.214. The number of benzene rings is 1. The highest BCUT2D eigenvalue weighted by Crippen LogP contribution is 2.18. The molecule has 0 aliphatic carbocycles. The first-order valence-corrected chi connectivity index (χ1v) is 6.13. The van der Waals surface area contributed by atoms with Crippen LogP contribution in [0.25, 0.3) is 11.0 Å². The third-order valence-corrected chi connectivity index (χ3v) is 2.82. The molecule has 0 fully saturated rings. The van der Waals surface area contributed by atoms with E-state index in [0.29, 0.717) is 22.7 Å². The number of nitrogens with zero attached hydrogens (tertiary/aromatic N) is 2. The van der Waals surface area contributed by atoms with Gasteiger partial charge in [0.1, 0.15) is 23.8 Å². The zero-order chi connectivity index (χ0) is 13.9. The molecule has 0 amide bonds. The van der Waals surface area contributed by atoms with Crippen molar-refractivity contribution < 1.29 is 18.6 Å². The van der Waals surface area contributed by atoms with Crippen molar-refractivity contribution in [3.8, 4) is 0 Å². The standard InChI is InChI=1S/C14H12N2O4/c1-9-6-10(15-19-9)8-18-14(17)7-12-11-4-2-3-5-13(11)20-16-12/h2-6H,7-8H2,1H3. The first-order chi connectivity index (χ1) is 9.72. The Morgan fingerprint density at radius 2 is 2.10 bits per heavy atom. The van der Waals surface area contributed by atoms with E-state index in [1.165, 1.54) is 0 Å². The highest BCUT2D eigenvalue weighted by molar-refractivity contribution is 5.84. The van der Waals surface area contributed by atoms with E-state index in [9.17, 15) is 4.79 Å². The molecule has 0 saturated carbocycles. The molecule has 3 aromatic rings. The summed E-state index contributed by atoms with van der Waals surface area (Å²) in [5.41, 5.74) is 1.81. The molecular weight excluding hydrogens is 260 g/mol. The predicted molar refractivity (Wildman–Crippen MR) is 68.7 cm³/mol. The molecule has 2 aromatic heterocycles. The normalized spacial score (nSPS) is 10.8. The van der Waals surface area contributed by atoms with Crippen LogP contribution in [0.5, 0.6) is 0 Å². The van der Waals surface area contributed by atoms with E-state index >= 15 is 0 Å². The molecule has 0 unspecified atom stereocenters. The Labute approximate surface area is 114 Å². The molecule has 3 rings (SSSR count). The lowest BCUT2D eigenvalue weighted by atomic mass is 10.2. The van der Waals surface area contributed by atoms with Gasteiger partial charge >= 0.3 is 5.97 Å². The Balaban J connectivity index is 1.64. The van der Waals surface area contributed by atoms with Crippen molar-refractivity contribution in [3.05, 3.63) is 47.5 Å². The Hall–Kier alpha value is -2.63. The third-order valence-electron chi connectivity index (χ3n) is 2.82. The van der Waals surface area contributed by atoms with Crippen molar-refractivity contribution in [2.24, 2.45) is 0 Å². The van der Waals surface area contributed by atoms with Crippen LogP contribution in [0.2, 0.25) is 0 Å². The van der Waals surface area contributed by atoms with Gasteiger partial charge in [0.2, 0.25) is 0 Å². The van der Waals surface area contributed by atoms with Gasteiger partial charge in [-0.1, -0.05) is 22.4 Å². The molecule has 0 N–H and O–H groups in total. The van der Waals surface area contributed by atoms with Crippen LogP contribution in [0.4, 0.5) is 0 Å². The van der Waals surface area contributed by atoms with Crippen LogP contribution in [-0.4, -0.2) is 16.3 Å². The van der Waals surface area contributed by atoms with Gasteiger partial charge in [-0.25, -0.2) is 0 Å². The number of fused-ring (bicyclic) bond motifs is 1. The second-order valence-corrected chi connectivity index (χ2v) is 4.39. The van der Waals surface area contributed by atoms with Crippen LogP contribution < -0.4 is 0 Å². The summed E-state index contributed by atoms with van der Waals surface area (Å²) in [7, 11) is 0. The zero-order valence-corrected chi connectivity index (χ0v) is 10.8. The number of carbonyl (C=O) groups is 1. The lowest BCUT2D eigenvalue weighted by Crippen LogP contribution is -2.08. The molecule has 0 spiro atoms. The molecule has 0 aliphatic rings. The molecule has 6 heteroatoms. The largest absolute Gasteiger partial charge is 0.459 e. The van der Waals surface area contributed by atoms with E-state index in [-0.39, 0.29) is 19.0 Å². The number of aryl methyl sites for hydroxylation is 1. The monoisotopic (exact) mass is 272 g/mol. The van der Waals surface area contributed by atoms with Crippen LogP contribution in [-0.2, 0) is 22.6 Å². The molecule has 102 valence electrons. The molecule has 0 atom stereocenters. The number of carbonyl (C=O) groups excluding carboxylic acids is 1. The fourth-order valence-corrected chi connectivity index (χ4v) is 1.89. The molecular formula is C14H12N2O4. The van der Waals surface area contributed by atoms with Crippen molar-refractivity contribution in [1.82, 2.24) is 10.3 Å². The van der Waals surface area contributed by atoms with E-state index in [1.807, 2.05) is 18.2 Å². The molecule has 0 aliphatic heterocycles. The number of para-hydroxylation sites is 1. The average molecular weight is 272 g/mol. The number of ether oxygens (including phenoxy) is 1. The van der Waals surface area contributed by atoms with Crippen LogP contribution in [0.3, 0.4) is 0 Å². The molecule has 2 heterocycles. The molecule has 20 heavy (non-hydrogen) atoms. The molecule has 0 saturated heterocycles. The van der Waals surface area contributed by atoms with Crippen LogP contribution in [0, 0.1) is 6.92 Å². The molecule has 0 bridgehead atoms. The Morgan fingerprint density at radius 3 is 2.90 bits per heavy atom. The Bertz CT molecular complexity index is 744. The lowest BCUT2D eigenvalue weighted by molar-refractivity contribution is -0.144. The van der Waals surface area contributed by atoms with Gasteiger partial charge in [-0.2, -0.15) is 0 Å². The number of hydrogen-bond acceptors (Lipinski definition) is 6. The van der Waals surface area contributed by atoms with Gasteiger partial charge in [0.25, 0.3) is 0 Å². The van der Waals surface area contributed by atoms with E-state index in [0.717, 1.165) is 5.39 Å². The Morgan fingerprint density at radius 1 is 1.25 bits per heavy atom. The van der Waals surface area contributed by atoms with Crippen LogP contribution in [0.1, 0.15) is 17.1 Å². The maximum absolute atomic E-state index is 11.8. The van der Waals surface area contributed by atoms with Gasteiger partial charge < -0.3 is 13.8 Å². The van der Waals surface area contributed by atoms with E-state index in [1.54, 1.807) is 19.1 Å². The van der Waals surface area contributed by atoms with Crippen LogP contribution in [0.15, 0.2) is 39.4 Å². The summed E-state index contributed by atoms with van der Waals surface area (Å²) in [4.78, 5) is 11.8. The fourth-order valence-electron chi connectivity index (χ4n) is 1.89. The van der Waals surface area contributed by atoms with Crippen molar-refractivity contribution in [2.75, 3.05) is 0 Å². The van der Waals surface area contributed by atoms with Crippen molar-refractivity contribution >= 4 is 16.9 Å². The van der Waals surface area contributed by atoms with Gasteiger partial charge in [0.15, 0.2) is 5.58 Å². The minimum atomic E-state index is -0.385. The Kier molecular flexibility index (Phi) is 3.20. The van der Waals surface area contributed by atoms with Gasteiger partial charge in [-0.15, -0.1) is 0 Å². The first-order valence-electron chi connectivity index (χ1n) is 6.13. The van der Waals surface area contributed by atoms with E-state index in [4.69, 9.17) is 13.8 Å². The summed E-state index contributed by atoms with van der Waals surface area (Å²) >= 11 is 0. The number of hydrogen-bond donors (Lipinski definition) is 0. The summed E-state index contributed by atoms with van der Waals surface area (Å²) in [5, 5.41) is 8.45.